The second-order valence-electron chi connectivity index (χ2n) is 5.00. The number of ketones is 1. The van der Waals surface area contributed by atoms with Crippen LogP contribution in [0.25, 0.3) is 0 Å². The second-order valence-corrected chi connectivity index (χ2v) is 5.00. The first kappa shape index (κ1) is 12.3. The van der Waals surface area contributed by atoms with Gasteiger partial charge in [-0.25, -0.2) is 0 Å². The third-order valence-corrected chi connectivity index (χ3v) is 3.65. The largest absolute Gasteiger partial charge is 0.294 e. The highest BCUT2D eigenvalue weighted by atomic mass is 16.1. The molecule has 1 aromatic carbocycles. The van der Waals surface area contributed by atoms with E-state index in [0.29, 0.717) is 0 Å². The van der Waals surface area contributed by atoms with Crippen LogP contribution < -0.4 is 0 Å². The van der Waals surface area contributed by atoms with Crippen molar-refractivity contribution in [2.75, 3.05) is 13.1 Å². The van der Waals surface area contributed by atoms with Crippen molar-refractivity contribution in [3.05, 3.63) is 35.4 Å². The number of aryl methyl sites for hydroxylation is 1. The van der Waals surface area contributed by atoms with Crippen LogP contribution in [0.4, 0.5) is 0 Å². The Balaban J connectivity index is 2.05. The molecule has 2 heteroatoms. The molecule has 1 heterocycles. The number of hydrogen-bond acceptors (Lipinski definition) is 2. The van der Waals surface area contributed by atoms with Crippen molar-refractivity contribution in [3.8, 4) is 0 Å². The Morgan fingerprint density at radius 1 is 1.12 bits per heavy atom. The van der Waals surface area contributed by atoms with Crippen molar-refractivity contribution in [2.45, 2.75) is 39.2 Å². The van der Waals surface area contributed by atoms with Gasteiger partial charge in [0.25, 0.3) is 0 Å². The normalized spacial score (nSPS) is 18.9. The van der Waals surface area contributed by atoms with Crippen molar-refractivity contribution in [1.29, 1.82) is 0 Å². The summed E-state index contributed by atoms with van der Waals surface area (Å²) in [4.78, 5) is 14.6. The number of carbonyl (C=O) groups excluding carboxylic acids is 1. The predicted octanol–water partition coefficient (Wildman–Crippen LogP) is 3.05. The molecule has 0 amide bonds. The van der Waals surface area contributed by atoms with Crippen LogP contribution in [-0.2, 0) is 0 Å². The first-order valence-electron chi connectivity index (χ1n) is 6.53. The summed E-state index contributed by atoms with van der Waals surface area (Å²) in [5, 5.41) is 0. The van der Waals surface area contributed by atoms with Crippen LogP contribution in [0.1, 0.15) is 42.1 Å². The molecule has 0 spiro atoms. The zero-order chi connectivity index (χ0) is 12.3. The number of Topliss-reactive ketones (excluding diaryl/α,β-unsaturated/α-hetero) is 1. The smallest absolute Gasteiger partial charge is 0.179 e. The molecular weight excluding hydrogens is 210 g/mol. The van der Waals surface area contributed by atoms with Crippen LogP contribution in [-0.4, -0.2) is 29.8 Å². The Morgan fingerprint density at radius 2 is 1.71 bits per heavy atom. The van der Waals surface area contributed by atoms with Crippen LogP contribution in [0.5, 0.6) is 0 Å². The van der Waals surface area contributed by atoms with Gasteiger partial charge >= 0.3 is 0 Å². The fourth-order valence-electron chi connectivity index (χ4n) is 2.43. The molecule has 0 saturated carbocycles. The lowest BCUT2D eigenvalue weighted by molar-refractivity contribution is 0.0809. The lowest BCUT2D eigenvalue weighted by atomic mass is 10.0. The first-order chi connectivity index (χ1) is 8.18. The molecule has 2 rings (SSSR count). The average Bonchev–Trinajstić information content (AvgIpc) is 2.39. The zero-order valence-electron chi connectivity index (χ0n) is 10.8. The standard InChI is InChI=1S/C15H21NO/c1-12-6-8-14(9-7-12)15(17)13(2)16-10-4-3-5-11-16/h6-9,13H,3-5,10-11H2,1-2H3. The van der Waals surface area contributed by atoms with Gasteiger partial charge in [-0.3, -0.25) is 9.69 Å². The lowest BCUT2D eigenvalue weighted by Crippen LogP contribution is -2.42. The number of likely N-dealkylation sites (tertiary alicyclic amines) is 1. The van der Waals surface area contributed by atoms with Crippen molar-refractivity contribution in [3.63, 3.8) is 0 Å². The monoisotopic (exact) mass is 231 g/mol. The predicted molar refractivity (Wildman–Crippen MR) is 70.4 cm³/mol. The van der Waals surface area contributed by atoms with Gasteiger partial charge in [0.1, 0.15) is 0 Å². The summed E-state index contributed by atoms with van der Waals surface area (Å²) >= 11 is 0. The number of rotatable bonds is 3. The summed E-state index contributed by atoms with van der Waals surface area (Å²) in [5.41, 5.74) is 2.04. The molecule has 0 N–H and O–H groups in total. The zero-order valence-corrected chi connectivity index (χ0v) is 10.8. The fourth-order valence-corrected chi connectivity index (χ4v) is 2.43. The van der Waals surface area contributed by atoms with E-state index in [2.05, 4.69) is 4.90 Å². The van der Waals surface area contributed by atoms with Crippen LogP contribution >= 0.6 is 0 Å². The van der Waals surface area contributed by atoms with E-state index in [4.69, 9.17) is 0 Å². The molecule has 0 aliphatic carbocycles. The second kappa shape index (κ2) is 5.46. The average molecular weight is 231 g/mol. The van der Waals surface area contributed by atoms with Gasteiger partial charge in [0.15, 0.2) is 5.78 Å². The third-order valence-electron chi connectivity index (χ3n) is 3.65. The number of carbonyl (C=O) groups is 1. The van der Waals surface area contributed by atoms with E-state index in [0.717, 1.165) is 18.7 Å². The molecular formula is C15H21NO. The molecule has 1 saturated heterocycles. The minimum absolute atomic E-state index is 0.0259. The minimum Gasteiger partial charge on any atom is -0.294 e. The van der Waals surface area contributed by atoms with E-state index in [1.54, 1.807) is 0 Å². The van der Waals surface area contributed by atoms with Gasteiger partial charge in [-0.15, -0.1) is 0 Å². The molecule has 0 bridgehead atoms. The van der Waals surface area contributed by atoms with Gasteiger partial charge < -0.3 is 0 Å². The van der Waals surface area contributed by atoms with Crippen LogP contribution in [0, 0.1) is 6.92 Å². The van der Waals surface area contributed by atoms with E-state index in [1.165, 1.54) is 24.8 Å². The molecule has 1 aliphatic heterocycles. The Kier molecular flexibility index (Phi) is 3.95. The number of benzene rings is 1. The summed E-state index contributed by atoms with van der Waals surface area (Å²) in [6, 6.07) is 7.93. The summed E-state index contributed by atoms with van der Waals surface area (Å²) in [7, 11) is 0. The third kappa shape index (κ3) is 2.95. The molecule has 17 heavy (non-hydrogen) atoms. The van der Waals surface area contributed by atoms with Crippen molar-refractivity contribution in [2.24, 2.45) is 0 Å². The summed E-state index contributed by atoms with van der Waals surface area (Å²) in [6.07, 6.45) is 3.76. The maximum Gasteiger partial charge on any atom is 0.179 e. The topological polar surface area (TPSA) is 20.3 Å². The van der Waals surface area contributed by atoms with Gasteiger partial charge in [0, 0.05) is 5.56 Å². The van der Waals surface area contributed by atoms with Gasteiger partial charge in [-0.1, -0.05) is 36.2 Å². The first-order valence-corrected chi connectivity index (χ1v) is 6.53. The summed E-state index contributed by atoms with van der Waals surface area (Å²) in [5.74, 6) is 0.256. The van der Waals surface area contributed by atoms with Crippen LogP contribution in [0.15, 0.2) is 24.3 Å². The highest BCUT2D eigenvalue weighted by molar-refractivity contribution is 5.99. The van der Waals surface area contributed by atoms with Gasteiger partial charge in [0.05, 0.1) is 6.04 Å². The minimum atomic E-state index is 0.0259. The Morgan fingerprint density at radius 3 is 2.29 bits per heavy atom. The highest BCUT2D eigenvalue weighted by Crippen LogP contribution is 2.15. The number of hydrogen-bond donors (Lipinski definition) is 0. The highest BCUT2D eigenvalue weighted by Gasteiger charge is 2.23. The molecule has 1 fully saturated rings. The lowest BCUT2D eigenvalue weighted by Gasteiger charge is -2.31. The van der Waals surface area contributed by atoms with Gasteiger partial charge in [0.2, 0.25) is 0 Å². The SMILES string of the molecule is Cc1ccc(C(=O)C(C)N2CCCCC2)cc1. The number of piperidine rings is 1. The fraction of sp³-hybridized carbons (Fsp3) is 0.533. The van der Waals surface area contributed by atoms with Crippen molar-refractivity contribution in [1.82, 2.24) is 4.90 Å². The quantitative estimate of drug-likeness (QED) is 0.745. The molecule has 92 valence electrons. The van der Waals surface area contributed by atoms with Gasteiger partial charge in [-0.2, -0.15) is 0 Å². The molecule has 1 unspecified atom stereocenters. The molecule has 0 aromatic heterocycles. The Labute approximate surface area is 104 Å². The summed E-state index contributed by atoms with van der Waals surface area (Å²) < 4.78 is 0. The van der Waals surface area contributed by atoms with E-state index in [-0.39, 0.29) is 11.8 Å². The van der Waals surface area contributed by atoms with E-state index < -0.39 is 0 Å². The van der Waals surface area contributed by atoms with E-state index in [9.17, 15) is 4.79 Å². The van der Waals surface area contributed by atoms with Crippen molar-refractivity contribution >= 4 is 5.78 Å². The van der Waals surface area contributed by atoms with E-state index in [1.807, 2.05) is 38.1 Å². The van der Waals surface area contributed by atoms with Gasteiger partial charge in [-0.05, 0) is 39.8 Å². The van der Waals surface area contributed by atoms with E-state index >= 15 is 0 Å². The van der Waals surface area contributed by atoms with Crippen LogP contribution in [0.2, 0.25) is 0 Å². The van der Waals surface area contributed by atoms with Crippen LogP contribution in [0.3, 0.4) is 0 Å². The Hall–Kier alpha value is -1.15. The maximum absolute atomic E-state index is 12.3. The Bertz CT molecular complexity index is 376. The molecule has 1 aromatic rings. The van der Waals surface area contributed by atoms with Crippen molar-refractivity contribution < 1.29 is 4.79 Å². The molecule has 1 aliphatic rings. The molecule has 2 nitrogen and oxygen atoms in total. The molecule has 0 radical (unpaired) electrons. The molecule has 1 atom stereocenters. The summed E-state index contributed by atoms with van der Waals surface area (Å²) in [6.45, 7) is 6.22. The maximum atomic E-state index is 12.3. The number of nitrogens with zero attached hydrogens (tertiary/aromatic N) is 1.